The minimum absolute atomic E-state index is 0.669. The summed E-state index contributed by atoms with van der Waals surface area (Å²) in [5.41, 5.74) is 7.71. The lowest BCUT2D eigenvalue weighted by atomic mass is 10.0. The molecule has 8 heteroatoms. The van der Waals surface area contributed by atoms with Gasteiger partial charge in [0.25, 0.3) is 0 Å². The number of para-hydroxylation sites is 1. The van der Waals surface area contributed by atoms with Crippen LogP contribution in [0.5, 0.6) is 0 Å². The van der Waals surface area contributed by atoms with Crippen LogP contribution in [0.25, 0.3) is 22.9 Å². The van der Waals surface area contributed by atoms with Crippen molar-refractivity contribution >= 4 is 17.5 Å². The predicted molar refractivity (Wildman–Crippen MR) is 135 cm³/mol. The van der Waals surface area contributed by atoms with Gasteiger partial charge >= 0.3 is 0 Å². The van der Waals surface area contributed by atoms with Gasteiger partial charge in [-0.15, -0.1) is 10.2 Å². The van der Waals surface area contributed by atoms with Crippen molar-refractivity contribution in [2.45, 2.75) is 51.4 Å². The first-order valence-electron chi connectivity index (χ1n) is 11.5. The van der Waals surface area contributed by atoms with Gasteiger partial charge in [0.2, 0.25) is 5.78 Å². The highest BCUT2D eigenvalue weighted by Crippen LogP contribution is 2.33. The highest BCUT2D eigenvalue weighted by molar-refractivity contribution is 7.98. The van der Waals surface area contributed by atoms with Crippen LogP contribution in [0.3, 0.4) is 0 Å². The van der Waals surface area contributed by atoms with Crippen molar-refractivity contribution < 1.29 is 0 Å². The Balaban J connectivity index is 1.59. The first kappa shape index (κ1) is 22.3. The quantitative estimate of drug-likeness (QED) is 0.297. The van der Waals surface area contributed by atoms with Crippen LogP contribution < -0.4 is 0 Å². The highest BCUT2D eigenvalue weighted by atomic mass is 32.2. The van der Waals surface area contributed by atoms with Crippen LogP contribution in [0.4, 0.5) is 0 Å². The molecule has 0 saturated carbocycles. The van der Waals surface area contributed by atoms with E-state index < -0.39 is 0 Å². The number of aromatic nitrogens is 7. The Morgan fingerprint density at radius 1 is 0.941 bits per heavy atom. The molecule has 34 heavy (non-hydrogen) atoms. The molecule has 0 spiro atoms. The van der Waals surface area contributed by atoms with Crippen molar-refractivity contribution in [1.29, 1.82) is 0 Å². The lowest BCUT2D eigenvalue weighted by Crippen LogP contribution is -2.07. The first-order valence-corrected chi connectivity index (χ1v) is 12.5. The molecule has 0 unspecified atom stereocenters. The van der Waals surface area contributed by atoms with E-state index in [2.05, 4.69) is 76.0 Å². The van der Waals surface area contributed by atoms with Crippen molar-refractivity contribution in [3.8, 4) is 17.1 Å². The molecule has 0 saturated heterocycles. The first-order chi connectivity index (χ1) is 16.6. The summed E-state index contributed by atoms with van der Waals surface area (Å²) in [6, 6.07) is 12.5. The van der Waals surface area contributed by atoms with Crippen LogP contribution in [-0.2, 0) is 18.6 Å². The molecular formula is C26H27N7S. The minimum atomic E-state index is 0.669. The number of nitrogens with zero attached hydrogens (tertiary/aromatic N) is 7. The standard InChI is InChI=1S/C26H27N7S/c1-5-19-9-7-10-20(6-2)23(19)33-24(21-11-8-12-27-14-21)30-31-26(33)34-16-22-15-32-18(4)13-17(3)28-25(32)29-22/h7-15H,5-6,16H2,1-4H3. The number of pyridine rings is 1. The van der Waals surface area contributed by atoms with E-state index >= 15 is 0 Å². The van der Waals surface area contributed by atoms with E-state index in [-0.39, 0.29) is 0 Å². The van der Waals surface area contributed by atoms with E-state index in [1.165, 1.54) is 16.8 Å². The Kier molecular flexibility index (Phi) is 6.15. The van der Waals surface area contributed by atoms with E-state index in [4.69, 9.17) is 4.98 Å². The Morgan fingerprint density at radius 2 is 1.74 bits per heavy atom. The van der Waals surface area contributed by atoms with Crippen molar-refractivity contribution in [3.63, 3.8) is 0 Å². The summed E-state index contributed by atoms with van der Waals surface area (Å²) in [7, 11) is 0. The fraction of sp³-hybridized carbons (Fsp3) is 0.269. The molecule has 4 aromatic heterocycles. The third kappa shape index (κ3) is 4.09. The lowest BCUT2D eigenvalue weighted by Gasteiger charge is -2.17. The number of thioether (sulfide) groups is 1. The van der Waals surface area contributed by atoms with Crippen LogP contribution in [0, 0.1) is 13.8 Å². The second kappa shape index (κ2) is 9.38. The zero-order valence-corrected chi connectivity index (χ0v) is 20.7. The topological polar surface area (TPSA) is 73.8 Å². The van der Waals surface area contributed by atoms with Gasteiger partial charge in [0, 0.05) is 41.3 Å². The van der Waals surface area contributed by atoms with Gasteiger partial charge in [0.1, 0.15) is 0 Å². The van der Waals surface area contributed by atoms with E-state index in [1.54, 1.807) is 18.0 Å². The molecule has 7 nitrogen and oxygen atoms in total. The number of hydrogen-bond acceptors (Lipinski definition) is 6. The number of aryl methyl sites for hydroxylation is 4. The summed E-state index contributed by atoms with van der Waals surface area (Å²) >= 11 is 1.64. The number of imidazole rings is 1. The summed E-state index contributed by atoms with van der Waals surface area (Å²) in [6.07, 6.45) is 7.53. The SMILES string of the molecule is CCc1cccc(CC)c1-n1c(SCc2cn3c(C)cc(C)nc3n2)nnc1-c1cccnc1. The zero-order chi connectivity index (χ0) is 23.7. The van der Waals surface area contributed by atoms with Gasteiger partial charge in [-0.3, -0.25) is 14.0 Å². The monoisotopic (exact) mass is 469 g/mol. The molecule has 0 fully saturated rings. The average Bonchev–Trinajstić information content (AvgIpc) is 3.46. The fourth-order valence-electron chi connectivity index (χ4n) is 4.28. The van der Waals surface area contributed by atoms with E-state index in [9.17, 15) is 0 Å². The Bertz CT molecular complexity index is 1430. The van der Waals surface area contributed by atoms with Crippen molar-refractivity contribution in [2.24, 2.45) is 0 Å². The molecule has 0 bridgehead atoms. The zero-order valence-electron chi connectivity index (χ0n) is 19.9. The fourth-order valence-corrected chi connectivity index (χ4v) is 5.10. The molecule has 0 atom stereocenters. The molecule has 0 radical (unpaired) electrons. The molecule has 0 amide bonds. The summed E-state index contributed by atoms with van der Waals surface area (Å²) < 4.78 is 4.24. The van der Waals surface area contributed by atoms with Crippen LogP contribution in [0.1, 0.15) is 42.1 Å². The lowest BCUT2D eigenvalue weighted by molar-refractivity contribution is 0.857. The Morgan fingerprint density at radius 3 is 2.44 bits per heavy atom. The Labute approximate surface area is 203 Å². The molecule has 172 valence electrons. The van der Waals surface area contributed by atoms with E-state index in [0.717, 1.165) is 52.2 Å². The van der Waals surface area contributed by atoms with Crippen molar-refractivity contribution in [1.82, 2.24) is 34.1 Å². The molecule has 1 aromatic carbocycles. The summed E-state index contributed by atoms with van der Waals surface area (Å²) in [5, 5.41) is 10.1. The van der Waals surface area contributed by atoms with Crippen LogP contribution in [0.2, 0.25) is 0 Å². The number of hydrogen-bond donors (Lipinski definition) is 0. The molecule has 5 aromatic rings. The van der Waals surface area contributed by atoms with Gasteiger partial charge in [-0.2, -0.15) is 0 Å². The third-order valence-corrected chi connectivity index (χ3v) is 6.86. The third-order valence-electron chi connectivity index (χ3n) is 5.90. The number of fused-ring (bicyclic) bond motifs is 1. The average molecular weight is 470 g/mol. The number of benzene rings is 1. The summed E-state index contributed by atoms with van der Waals surface area (Å²) in [5.74, 6) is 2.20. The molecule has 4 heterocycles. The van der Waals surface area contributed by atoms with Gasteiger partial charge in [0.05, 0.1) is 11.4 Å². The highest BCUT2D eigenvalue weighted by Gasteiger charge is 2.21. The molecule has 0 aliphatic carbocycles. The molecule has 5 rings (SSSR count). The molecular weight excluding hydrogens is 442 g/mol. The van der Waals surface area contributed by atoms with Gasteiger partial charge < -0.3 is 0 Å². The Hall–Kier alpha value is -3.52. The normalized spacial score (nSPS) is 11.4. The van der Waals surface area contributed by atoms with E-state index in [1.807, 2.05) is 29.7 Å². The summed E-state index contributed by atoms with van der Waals surface area (Å²) in [6.45, 7) is 8.44. The van der Waals surface area contributed by atoms with Crippen LogP contribution in [-0.4, -0.2) is 34.1 Å². The predicted octanol–water partition coefficient (Wildman–Crippen LogP) is 5.41. The van der Waals surface area contributed by atoms with Crippen molar-refractivity contribution in [2.75, 3.05) is 0 Å². The van der Waals surface area contributed by atoms with Gasteiger partial charge in [-0.25, -0.2) is 9.97 Å². The smallest absolute Gasteiger partial charge is 0.234 e. The van der Waals surface area contributed by atoms with Gasteiger partial charge in [-0.05, 0) is 56.0 Å². The molecule has 0 N–H and O–H groups in total. The number of rotatable bonds is 7. The largest absolute Gasteiger partial charge is 0.288 e. The maximum atomic E-state index is 4.75. The maximum absolute atomic E-state index is 4.75. The maximum Gasteiger partial charge on any atom is 0.234 e. The van der Waals surface area contributed by atoms with Gasteiger partial charge in [-0.1, -0.05) is 43.8 Å². The second-order valence-corrected chi connectivity index (χ2v) is 9.19. The van der Waals surface area contributed by atoms with Crippen LogP contribution >= 0.6 is 11.8 Å². The van der Waals surface area contributed by atoms with E-state index in [0.29, 0.717) is 5.75 Å². The van der Waals surface area contributed by atoms with Gasteiger partial charge in [0.15, 0.2) is 11.0 Å². The molecule has 0 aliphatic rings. The summed E-state index contributed by atoms with van der Waals surface area (Å²) in [4.78, 5) is 13.6. The minimum Gasteiger partial charge on any atom is -0.288 e. The van der Waals surface area contributed by atoms with Crippen molar-refractivity contribution in [3.05, 3.63) is 83.2 Å². The van der Waals surface area contributed by atoms with Crippen LogP contribution in [0.15, 0.2) is 60.1 Å². The second-order valence-electron chi connectivity index (χ2n) is 8.25. The molecule has 0 aliphatic heterocycles.